The second-order valence-corrected chi connectivity index (χ2v) is 6.16. The van der Waals surface area contributed by atoms with Gasteiger partial charge in [-0.1, -0.05) is 19.1 Å². The monoisotopic (exact) mass is 301 g/mol. The number of anilines is 1. The maximum Gasteiger partial charge on any atom is 0.224 e. The average Bonchev–Trinajstić information content (AvgIpc) is 3.19. The predicted molar refractivity (Wildman–Crippen MR) is 83.1 cm³/mol. The van der Waals surface area contributed by atoms with Crippen molar-refractivity contribution in [2.45, 2.75) is 38.5 Å². The zero-order chi connectivity index (χ0) is 15.5. The van der Waals surface area contributed by atoms with E-state index < -0.39 is 0 Å². The van der Waals surface area contributed by atoms with Gasteiger partial charge in [-0.25, -0.2) is 4.39 Å². The van der Waals surface area contributed by atoms with Crippen molar-refractivity contribution in [2.24, 2.45) is 5.92 Å². The lowest BCUT2D eigenvalue weighted by molar-refractivity contribution is -0.116. The van der Waals surface area contributed by atoms with Crippen LogP contribution in [0.15, 0.2) is 30.5 Å². The smallest absolute Gasteiger partial charge is 0.224 e. The van der Waals surface area contributed by atoms with Gasteiger partial charge in [0.15, 0.2) is 0 Å². The van der Waals surface area contributed by atoms with Crippen molar-refractivity contribution in [3.63, 3.8) is 0 Å². The molecule has 1 heterocycles. The Hall–Kier alpha value is -2.17. The molecular weight excluding hydrogens is 281 g/mol. The zero-order valence-electron chi connectivity index (χ0n) is 12.6. The standard InChI is InChI=1S/C17H20FN3O/c1-11(7-12-3-2-4-14(18)9-12)8-16(22)20-15-10-19-21-17(15)13-5-6-13/h2-4,9-11,13H,5-8H2,1H3,(H,19,21)(H,20,22). The summed E-state index contributed by atoms with van der Waals surface area (Å²) in [5, 5.41) is 9.91. The van der Waals surface area contributed by atoms with Gasteiger partial charge in [0.2, 0.25) is 5.91 Å². The molecule has 0 aliphatic heterocycles. The van der Waals surface area contributed by atoms with Crippen molar-refractivity contribution >= 4 is 11.6 Å². The van der Waals surface area contributed by atoms with Crippen LogP contribution in [0.4, 0.5) is 10.1 Å². The zero-order valence-corrected chi connectivity index (χ0v) is 12.6. The van der Waals surface area contributed by atoms with Crippen LogP contribution in [0, 0.1) is 11.7 Å². The van der Waals surface area contributed by atoms with Crippen molar-refractivity contribution in [1.29, 1.82) is 0 Å². The number of hydrogen-bond donors (Lipinski definition) is 2. The Morgan fingerprint density at radius 1 is 1.50 bits per heavy atom. The molecular formula is C17H20FN3O. The first-order chi connectivity index (χ1) is 10.6. The SMILES string of the molecule is CC(CC(=O)Nc1cn[nH]c1C1CC1)Cc1cccc(F)c1. The maximum absolute atomic E-state index is 13.2. The third kappa shape index (κ3) is 3.72. The number of rotatable bonds is 6. The van der Waals surface area contributed by atoms with Crippen LogP contribution in [0.1, 0.15) is 43.4 Å². The highest BCUT2D eigenvalue weighted by Crippen LogP contribution is 2.42. The molecule has 116 valence electrons. The van der Waals surface area contributed by atoms with Crippen molar-refractivity contribution in [2.75, 3.05) is 5.32 Å². The number of carbonyl (C=O) groups is 1. The fourth-order valence-corrected chi connectivity index (χ4v) is 2.74. The number of halogens is 1. The number of benzene rings is 1. The number of nitrogens with zero attached hydrogens (tertiary/aromatic N) is 1. The van der Waals surface area contributed by atoms with Gasteiger partial charge >= 0.3 is 0 Å². The second-order valence-electron chi connectivity index (χ2n) is 6.16. The first kappa shape index (κ1) is 14.8. The molecule has 1 fully saturated rings. The Morgan fingerprint density at radius 2 is 2.32 bits per heavy atom. The van der Waals surface area contributed by atoms with E-state index >= 15 is 0 Å². The molecule has 1 amide bonds. The number of aromatic amines is 1. The van der Waals surface area contributed by atoms with Crippen LogP contribution < -0.4 is 5.32 Å². The van der Waals surface area contributed by atoms with Gasteiger partial charge in [-0.3, -0.25) is 9.89 Å². The summed E-state index contributed by atoms with van der Waals surface area (Å²) in [5.74, 6) is 0.412. The van der Waals surface area contributed by atoms with Crippen LogP contribution in [-0.2, 0) is 11.2 Å². The van der Waals surface area contributed by atoms with Gasteiger partial charge in [0, 0.05) is 12.3 Å². The van der Waals surface area contributed by atoms with E-state index in [0.29, 0.717) is 18.8 Å². The van der Waals surface area contributed by atoms with E-state index in [1.165, 1.54) is 12.1 Å². The minimum absolute atomic E-state index is 0.0211. The number of nitrogens with one attached hydrogen (secondary N) is 2. The first-order valence-electron chi connectivity index (χ1n) is 7.69. The van der Waals surface area contributed by atoms with Gasteiger partial charge in [-0.05, 0) is 42.9 Å². The first-order valence-corrected chi connectivity index (χ1v) is 7.69. The number of aromatic nitrogens is 2. The summed E-state index contributed by atoms with van der Waals surface area (Å²) >= 11 is 0. The summed E-state index contributed by atoms with van der Waals surface area (Å²) in [6, 6.07) is 6.54. The van der Waals surface area contributed by atoms with Crippen LogP contribution in [0.3, 0.4) is 0 Å². The minimum Gasteiger partial charge on any atom is -0.323 e. The molecule has 1 aromatic carbocycles. The Bertz CT molecular complexity index is 663. The highest BCUT2D eigenvalue weighted by molar-refractivity contribution is 5.91. The number of H-pyrrole nitrogens is 1. The topological polar surface area (TPSA) is 57.8 Å². The molecule has 0 saturated heterocycles. The predicted octanol–water partition coefficient (Wildman–Crippen LogP) is 3.63. The summed E-state index contributed by atoms with van der Waals surface area (Å²) in [6.07, 6.45) is 5.07. The number of amides is 1. The highest BCUT2D eigenvalue weighted by Gasteiger charge is 2.28. The molecule has 22 heavy (non-hydrogen) atoms. The van der Waals surface area contributed by atoms with Gasteiger partial charge in [-0.15, -0.1) is 0 Å². The molecule has 1 aliphatic carbocycles. The lowest BCUT2D eigenvalue weighted by Crippen LogP contribution is -2.16. The lowest BCUT2D eigenvalue weighted by atomic mass is 9.97. The van der Waals surface area contributed by atoms with Gasteiger partial charge in [0.1, 0.15) is 5.82 Å². The molecule has 5 heteroatoms. The Labute approximate surface area is 129 Å². The molecule has 1 unspecified atom stereocenters. The van der Waals surface area contributed by atoms with Crippen molar-refractivity contribution in [3.05, 3.63) is 47.5 Å². The van der Waals surface area contributed by atoms with Crippen molar-refractivity contribution < 1.29 is 9.18 Å². The molecule has 3 rings (SSSR count). The lowest BCUT2D eigenvalue weighted by Gasteiger charge is -2.12. The van der Waals surface area contributed by atoms with E-state index in [2.05, 4.69) is 15.5 Å². The minimum atomic E-state index is -0.235. The van der Waals surface area contributed by atoms with E-state index in [4.69, 9.17) is 0 Å². The van der Waals surface area contributed by atoms with Crippen LogP contribution in [0.25, 0.3) is 0 Å². The fraction of sp³-hybridized carbons (Fsp3) is 0.412. The third-order valence-electron chi connectivity index (χ3n) is 3.94. The summed E-state index contributed by atoms with van der Waals surface area (Å²) in [7, 11) is 0. The largest absolute Gasteiger partial charge is 0.323 e. The average molecular weight is 301 g/mol. The van der Waals surface area contributed by atoms with Crippen molar-refractivity contribution in [3.8, 4) is 0 Å². The summed E-state index contributed by atoms with van der Waals surface area (Å²) in [6.45, 7) is 2.00. The molecule has 0 radical (unpaired) electrons. The van der Waals surface area contributed by atoms with Crippen LogP contribution >= 0.6 is 0 Å². The van der Waals surface area contributed by atoms with E-state index in [9.17, 15) is 9.18 Å². The van der Waals surface area contributed by atoms with Crippen molar-refractivity contribution in [1.82, 2.24) is 10.2 Å². The highest BCUT2D eigenvalue weighted by atomic mass is 19.1. The number of hydrogen-bond acceptors (Lipinski definition) is 2. The molecule has 1 aromatic heterocycles. The Kier molecular flexibility index (Phi) is 4.22. The second kappa shape index (κ2) is 6.30. The van der Waals surface area contributed by atoms with Gasteiger partial charge in [-0.2, -0.15) is 5.10 Å². The Morgan fingerprint density at radius 3 is 3.05 bits per heavy atom. The Balaban J connectivity index is 1.53. The van der Waals surface area contributed by atoms with Crippen LogP contribution in [0.5, 0.6) is 0 Å². The maximum atomic E-state index is 13.2. The van der Waals surface area contributed by atoms with Crippen LogP contribution in [-0.4, -0.2) is 16.1 Å². The summed E-state index contributed by atoms with van der Waals surface area (Å²) in [4.78, 5) is 12.1. The summed E-state index contributed by atoms with van der Waals surface area (Å²) < 4.78 is 13.2. The van der Waals surface area contributed by atoms with Gasteiger partial charge in [0.25, 0.3) is 0 Å². The number of carbonyl (C=O) groups excluding carboxylic acids is 1. The third-order valence-corrected chi connectivity index (χ3v) is 3.94. The molecule has 0 spiro atoms. The van der Waals surface area contributed by atoms with E-state index in [-0.39, 0.29) is 17.6 Å². The molecule has 4 nitrogen and oxygen atoms in total. The molecule has 0 bridgehead atoms. The van der Waals surface area contributed by atoms with Gasteiger partial charge in [0.05, 0.1) is 17.6 Å². The van der Waals surface area contributed by atoms with E-state index in [1.54, 1.807) is 12.3 Å². The molecule has 2 N–H and O–H groups in total. The fourth-order valence-electron chi connectivity index (χ4n) is 2.74. The molecule has 2 aromatic rings. The van der Waals surface area contributed by atoms with E-state index in [0.717, 1.165) is 29.8 Å². The normalized spacial score (nSPS) is 15.5. The molecule has 1 atom stereocenters. The van der Waals surface area contributed by atoms with Gasteiger partial charge < -0.3 is 5.32 Å². The summed E-state index contributed by atoms with van der Waals surface area (Å²) in [5.41, 5.74) is 2.75. The van der Waals surface area contributed by atoms with E-state index in [1.807, 2.05) is 13.0 Å². The molecule has 1 saturated carbocycles. The van der Waals surface area contributed by atoms with Crippen LogP contribution in [0.2, 0.25) is 0 Å². The molecule has 1 aliphatic rings. The quantitative estimate of drug-likeness (QED) is 0.856.